The fourth-order valence-corrected chi connectivity index (χ4v) is 1.64. The van der Waals surface area contributed by atoms with E-state index in [0.29, 0.717) is 16.4 Å². The van der Waals surface area contributed by atoms with Gasteiger partial charge >= 0.3 is 0 Å². The van der Waals surface area contributed by atoms with Gasteiger partial charge in [0.05, 0.1) is 10.7 Å². The zero-order valence-corrected chi connectivity index (χ0v) is 8.55. The first-order valence-electron chi connectivity index (χ1n) is 4.36. The van der Waals surface area contributed by atoms with Gasteiger partial charge in [0.15, 0.2) is 0 Å². The highest BCUT2D eigenvalue weighted by molar-refractivity contribution is 6.33. The molecule has 3 nitrogen and oxygen atoms in total. The number of nitrogen functional groups attached to an aromatic ring is 1. The maximum atomic E-state index is 12.3. The van der Waals surface area contributed by atoms with Gasteiger partial charge in [0.2, 0.25) is 0 Å². The van der Waals surface area contributed by atoms with Crippen molar-refractivity contribution >= 4 is 17.4 Å². The fraction of sp³-hybridized carbons (Fsp3) is 0.100. The average molecular weight is 226 g/mol. The maximum absolute atomic E-state index is 12.3. The lowest BCUT2D eigenvalue weighted by molar-refractivity contribution is 0.485. The fourth-order valence-electron chi connectivity index (χ4n) is 1.34. The van der Waals surface area contributed by atoms with Gasteiger partial charge in [-0.3, -0.25) is 5.10 Å². The van der Waals surface area contributed by atoms with Crippen molar-refractivity contribution in [3.8, 4) is 11.3 Å². The SMILES string of the molecule is Nc1cc(-c2ccc(CF)cc2Cl)[nH]n1. The molecule has 0 radical (unpaired) electrons. The molecule has 0 aliphatic carbocycles. The number of aromatic nitrogens is 2. The minimum atomic E-state index is -0.523. The van der Waals surface area contributed by atoms with Crippen molar-refractivity contribution in [3.05, 3.63) is 34.9 Å². The van der Waals surface area contributed by atoms with Gasteiger partial charge in [-0.15, -0.1) is 0 Å². The van der Waals surface area contributed by atoms with E-state index in [1.807, 2.05) is 0 Å². The molecule has 2 aromatic rings. The second-order valence-corrected chi connectivity index (χ2v) is 3.56. The lowest BCUT2D eigenvalue weighted by Gasteiger charge is -2.02. The molecule has 2 rings (SSSR count). The zero-order valence-electron chi connectivity index (χ0n) is 7.80. The summed E-state index contributed by atoms with van der Waals surface area (Å²) in [6.07, 6.45) is 0. The molecule has 0 unspecified atom stereocenters. The van der Waals surface area contributed by atoms with Crippen molar-refractivity contribution in [2.24, 2.45) is 0 Å². The molecule has 0 fully saturated rings. The Morgan fingerprint density at radius 2 is 2.20 bits per heavy atom. The third-order valence-corrected chi connectivity index (χ3v) is 2.39. The number of H-pyrrole nitrogens is 1. The molecule has 0 saturated heterocycles. The van der Waals surface area contributed by atoms with E-state index in [0.717, 1.165) is 11.3 Å². The van der Waals surface area contributed by atoms with Crippen LogP contribution in [0, 0.1) is 0 Å². The normalized spacial score (nSPS) is 10.5. The van der Waals surface area contributed by atoms with Crippen LogP contribution in [-0.4, -0.2) is 10.2 Å². The Kier molecular flexibility index (Phi) is 2.60. The molecule has 78 valence electrons. The number of nitrogens with two attached hydrogens (primary N) is 1. The van der Waals surface area contributed by atoms with Gasteiger partial charge in [0, 0.05) is 11.6 Å². The van der Waals surface area contributed by atoms with Crippen molar-refractivity contribution in [3.63, 3.8) is 0 Å². The van der Waals surface area contributed by atoms with Crippen LogP contribution in [0.3, 0.4) is 0 Å². The van der Waals surface area contributed by atoms with Crippen LogP contribution >= 0.6 is 11.6 Å². The Morgan fingerprint density at radius 1 is 1.40 bits per heavy atom. The van der Waals surface area contributed by atoms with Crippen molar-refractivity contribution in [2.45, 2.75) is 6.67 Å². The summed E-state index contributed by atoms with van der Waals surface area (Å²) in [5, 5.41) is 7.02. The summed E-state index contributed by atoms with van der Waals surface area (Å²) in [5.41, 5.74) is 7.52. The summed E-state index contributed by atoms with van der Waals surface area (Å²) in [6.45, 7) is -0.523. The van der Waals surface area contributed by atoms with Crippen molar-refractivity contribution < 1.29 is 4.39 Å². The summed E-state index contributed by atoms with van der Waals surface area (Å²) in [5.74, 6) is 0.399. The minimum Gasteiger partial charge on any atom is -0.382 e. The van der Waals surface area contributed by atoms with E-state index in [-0.39, 0.29) is 0 Å². The zero-order chi connectivity index (χ0) is 10.8. The molecular weight excluding hydrogens is 217 g/mol. The van der Waals surface area contributed by atoms with Crippen LogP contribution < -0.4 is 5.73 Å². The highest BCUT2D eigenvalue weighted by Gasteiger charge is 2.06. The topological polar surface area (TPSA) is 54.7 Å². The van der Waals surface area contributed by atoms with E-state index in [2.05, 4.69) is 10.2 Å². The molecular formula is C10H9ClFN3. The van der Waals surface area contributed by atoms with Gasteiger partial charge in [0.1, 0.15) is 12.5 Å². The number of alkyl halides is 1. The van der Waals surface area contributed by atoms with Gasteiger partial charge in [0.25, 0.3) is 0 Å². The summed E-state index contributed by atoms with van der Waals surface area (Å²) in [6, 6.07) is 6.69. The molecule has 0 atom stereocenters. The molecule has 15 heavy (non-hydrogen) atoms. The van der Waals surface area contributed by atoms with Crippen LogP contribution in [-0.2, 0) is 6.67 Å². The van der Waals surface area contributed by atoms with Crippen LogP contribution in [0.15, 0.2) is 24.3 Å². The monoisotopic (exact) mass is 225 g/mol. The highest BCUT2D eigenvalue weighted by Crippen LogP contribution is 2.28. The lowest BCUT2D eigenvalue weighted by Crippen LogP contribution is -1.83. The largest absolute Gasteiger partial charge is 0.382 e. The van der Waals surface area contributed by atoms with Crippen LogP contribution in [0.1, 0.15) is 5.56 Å². The second-order valence-electron chi connectivity index (χ2n) is 3.15. The van der Waals surface area contributed by atoms with Crippen LogP contribution in [0.4, 0.5) is 10.2 Å². The molecule has 0 saturated carbocycles. The summed E-state index contributed by atoms with van der Waals surface area (Å²) in [4.78, 5) is 0. The van der Waals surface area contributed by atoms with Crippen LogP contribution in [0.5, 0.6) is 0 Å². The number of aromatic amines is 1. The van der Waals surface area contributed by atoms with Gasteiger partial charge in [-0.1, -0.05) is 23.7 Å². The Labute approximate surface area is 91.1 Å². The van der Waals surface area contributed by atoms with Gasteiger partial charge in [-0.2, -0.15) is 5.10 Å². The van der Waals surface area contributed by atoms with E-state index >= 15 is 0 Å². The first-order valence-corrected chi connectivity index (χ1v) is 4.74. The van der Waals surface area contributed by atoms with E-state index in [9.17, 15) is 4.39 Å². The predicted octanol–water partition coefficient (Wildman–Crippen LogP) is 2.78. The Bertz CT molecular complexity index is 481. The molecule has 5 heteroatoms. The summed E-state index contributed by atoms with van der Waals surface area (Å²) >= 11 is 6.00. The average Bonchev–Trinajstić information content (AvgIpc) is 2.64. The molecule has 1 aromatic heterocycles. The number of benzene rings is 1. The van der Waals surface area contributed by atoms with E-state index in [4.69, 9.17) is 17.3 Å². The number of nitrogens with one attached hydrogen (secondary N) is 1. The standard InChI is InChI=1S/C10H9ClFN3/c11-8-3-6(5-12)1-2-7(8)9-4-10(13)15-14-9/h1-4H,5H2,(H3,13,14,15). The number of anilines is 1. The second kappa shape index (κ2) is 3.90. The van der Waals surface area contributed by atoms with Gasteiger partial charge < -0.3 is 5.73 Å². The minimum absolute atomic E-state index is 0.399. The number of nitrogens with zero attached hydrogens (tertiary/aromatic N) is 1. The third kappa shape index (κ3) is 1.94. The van der Waals surface area contributed by atoms with E-state index < -0.39 is 6.67 Å². The van der Waals surface area contributed by atoms with Crippen molar-refractivity contribution in [1.29, 1.82) is 0 Å². The molecule has 1 aromatic carbocycles. The third-order valence-electron chi connectivity index (χ3n) is 2.08. The quantitative estimate of drug-likeness (QED) is 0.826. The van der Waals surface area contributed by atoms with Crippen molar-refractivity contribution in [1.82, 2.24) is 10.2 Å². The molecule has 3 N–H and O–H groups in total. The first kappa shape index (κ1) is 9.98. The van der Waals surface area contributed by atoms with Gasteiger partial charge in [-0.05, 0) is 11.6 Å². The van der Waals surface area contributed by atoms with E-state index in [1.54, 1.807) is 24.3 Å². The molecule has 0 aliphatic heterocycles. The predicted molar refractivity (Wildman–Crippen MR) is 58.3 cm³/mol. The maximum Gasteiger partial charge on any atom is 0.145 e. The molecule has 0 aliphatic rings. The first-order chi connectivity index (χ1) is 7.20. The molecule has 0 amide bonds. The molecule has 0 spiro atoms. The van der Waals surface area contributed by atoms with Gasteiger partial charge in [-0.25, -0.2) is 4.39 Å². The number of halogens is 2. The van der Waals surface area contributed by atoms with Crippen molar-refractivity contribution in [2.75, 3.05) is 5.73 Å². The van der Waals surface area contributed by atoms with Crippen LogP contribution in [0.25, 0.3) is 11.3 Å². The smallest absolute Gasteiger partial charge is 0.145 e. The molecule has 0 bridgehead atoms. The summed E-state index contributed by atoms with van der Waals surface area (Å²) in [7, 11) is 0. The Hall–Kier alpha value is -1.55. The lowest BCUT2D eigenvalue weighted by atomic mass is 10.1. The number of rotatable bonds is 2. The van der Waals surface area contributed by atoms with E-state index in [1.165, 1.54) is 0 Å². The molecule has 1 heterocycles. The number of hydrogen-bond acceptors (Lipinski definition) is 2. The Morgan fingerprint density at radius 3 is 2.73 bits per heavy atom. The highest BCUT2D eigenvalue weighted by atomic mass is 35.5. The van der Waals surface area contributed by atoms with Crippen LogP contribution in [0.2, 0.25) is 5.02 Å². The Balaban J connectivity index is 2.45. The summed E-state index contributed by atoms with van der Waals surface area (Å²) < 4.78 is 12.3. The number of hydrogen-bond donors (Lipinski definition) is 2.